The summed E-state index contributed by atoms with van der Waals surface area (Å²) in [4.78, 5) is 10.7. The average Bonchev–Trinajstić information content (AvgIpc) is 2.74. The minimum absolute atomic E-state index is 0.0612. The van der Waals surface area contributed by atoms with Crippen molar-refractivity contribution in [3.63, 3.8) is 0 Å². The van der Waals surface area contributed by atoms with Crippen LogP contribution in [0.5, 0.6) is 5.75 Å². The molecule has 6 heteroatoms. The van der Waals surface area contributed by atoms with Crippen LogP contribution in [0.4, 0.5) is 0 Å². The lowest BCUT2D eigenvalue weighted by Crippen LogP contribution is -2.30. The van der Waals surface area contributed by atoms with Crippen LogP contribution in [0.25, 0.3) is 0 Å². The second-order valence-electron chi connectivity index (χ2n) is 6.89. The summed E-state index contributed by atoms with van der Waals surface area (Å²) in [5, 5.41) is 9.37. The highest BCUT2D eigenvalue weighted by Crippen LogP contribution is 2.43. The molecule has 0 amide bonds. The largest absolute Gasteiger partial charge is 0.496 e. The second kappa shape index (κ2) is 10.4. The number of carbonyl (C=O) groups is 1. The van der Waals surface area contributed by atoms with Gasteiger partial charge in [-0.05, 0) is 25.0 Å². The van der Waals surface area contributed by atoms with Crippen LogP contribution in [0, 0.1) is 5.92 Å². The Bertz CT molecular complexity index is 851. The van der Waals surface area contributed by atoms with Crippen LogP contribution in [-0.2, 0) is 14.3 Å². The number of hydrogen-bond donors (Lipinski definition) is 1. The van der Waals surface area contributed by atoms with Gasteiger partial charge in [0.2, 0.25) is 0 Å². The Labute approximate surface area is 175 Å². The molecule has 5 nitrogen and oxygen atoms in total. The summed E-state index contributed by atoms with van der Waals surface area (Å²) in [6.45, 7) is 0.488. The molecule has 1 aliphatic rings. The monoisotopic (exact) mass is 416 g/mol. The van der Waals surface area contributed by atoms with Crippen molar-refractivity contribution in [2.75, 3.05) is 13.7 Å². The highest BCUT2D eigenvalue weighted by atomic mass is 35.5. The van der Waals surface area contributed by atoms with Crippen LogP contribution in [0.3, 0.4) is 0 Å². The number of allylic oxidation sites excluding steroid dienone is 2. The van der Waals surface area contributed by atoms with Gasteiger partial charge in [-0.25, -0.2) is 0 Å². The summed E-state index contributed by atoms with van der Waals surface area (Å²) in [6.07, 6.45) is 4.42. The first-order valence-electron chi connectivity index (χ1n) is 9.61. The third-order valence-corrected chi connectivity index (χ3v) is 5.24. The minimum atomic E-state index is -0.798. The smallest absolute Gasteiger partial charge is 0.303 e. The van der Waals surface area contributed by atoms with Crippen LogP contribution in [0.2, 0.25) is 5.02 Å². The van der Waals surface area contributed by atoms with Crippen molar-refractivity contribution in [3.05, 3.63) is 76.8 Å². The maximum atomic E-state index is 10.7. The third-order valence-electron chi connectivity index (χ3n) is 4.90. The van der Waals surface area contributed by atoms with Crippen molar-refractivity contribution >= 4 is 17.6 Å². The van der Waals surface area contributed by atoms with Gasteiger partial charge in [-0.3, -0.25) is 4.79 Å². The molecule has 1 saturated heterocycles. The van der Waals surface area contributed by atoms with Crippen molar-refractivity contribution < 1.29 is 24.1 Å². The molecule has 0 bridgehead atoms. The molecule has 1 N–H and O–H groups in total. The van der Waals surface area contributed by atoms with Gasteiger partial charge < -0.3 is 19.3 Å². The zero-order valence-electron chi connectivity index (χ0n) is 16.3. The number of benzene rings is 2. The van der Waals surface area contributed by atoms with E-state index in [0.29, 0.717) is 24.5 Å². The molecule has 0 aromatic heterocycles. The standard InChI is InChI=1S/C23H25ClO5/c1-27-20-13-8-6-11-18(20)22-16(9-3-2-4-14-21(25)26)15-28-23(29-22)17-10-5-7-12-19(17)24/h2-3,5-8,10-13,16,22-23H,4,9,14-15H2,1H3,(H,25,26). The van der Waals surface area contributed by atoms with E-state index in [2.05, 4.69) is 0 Å². The number of para-hydroxylation sites is 1. The Morgan fingerprint density at radius 2 is 1.90 bits per heavy atom. The van der Waals surface area contributed by atoms with Gasteiger partial charge in [-0.15, -0.1) is 0 Å². The summed E-state index contributed by atoms with van der Waals surface area (Å²) in [5.41, 5.74) is 1.75. The minimum Gasteiger partial charge on any atom is -0.496 e. The number of ether oxygens (including phenoxy) is 3. The molecule has 2 aromatic carbocycles. The zero-order valence-corrected chi connectivity index (χ0v) is 17.0. The van der Waals surface area contributed by atoms with Crippen molar-refractivity contribution in [2.24, 2.45) is 5.92 Å². The molecule has 29 heavy (non-hydrogen) atoms. The first-order valence-corrected chi connectivity index (χ1v) is 9.99. The van der Waals surface area contributed by atoms with Crippen LogP contribution in [0.1, 0.15) is 42.8 Å². The zero-order chi connectivity index (χ0) is 20.6. The van der Waals surface area contributed by atoms with Crippen molar-refractivity contribution in [2.45, 2.75) is 31.7 Å². The predicted octanol–water partition coefficient (Wildman–Crippen LogP) is 5.56. The fraction of sp³-hybridized carbons (Fsp3) is 0.348. The maximum absolute atomic E-state index is 10.7. The molecule has 1 aliphatic heterocycles. The van der Waals surface area contributed by atoms with Gasteiger partial charge >= 0.3 is 5.97 Å². The van der Waals surface area contributed by atoms with Gasteiger partial charge in [0.25, 0.3) is 0 Å². The van der Waals surface area contributed by atoms with Gasteiger partial charge in [0, 0.05) is 28.5 Å². The maximum Gasteiger partial charge on any atom is 0.303 e. The number of methoxy groups -OCH3 is 1. The second-order valence-corrected chi connectivity index (χ2v) is 7.29. The lowest BCUT2D eigenvalue weighted by atomic mass is 9.91. The van der Waals surface area contributed by atoms with Crippen molar-refractivity contribution in [3.8, 4) is 5.75 Å². The average molecular weight is 417 g/mol. The van der Waals surface area contributed by atoms with E-state index >= 15 is 0 Å². The van der Waals surface area contributed by atoms with E-state index < -0.39 is 12.3 Å². The van der Waals surface area contributed by atoms with Gasteiger partial charge in [-0.2, -0.15) is 0 Å². The summed E-state index contributed by atoms with van der Waals surface area (Å²) < 4.78 is 17.9. The molecular formula is C23H25ClO5. The molecule has 1 heterocycles. The normalized spacial score (nSPS) is 21.9. The highest BCUT2D eigenvalue weighted by molar-refractivity contribution is 6.31. The molecule has 0 radical (unpaired) electrons. The van der Waals surface area contributed by atoms with Gasteiger partial charge in [0.05, 0.1) is 19.8 Å². The fourth-order valence-corrected chi connectivity index (χ4v) is 3.65. The van der Waals surface area contributed by atoms with E-state index in [9.17, 15) is 4.79 Å². The first-order chi connectivity index (χ1) is 14.1. The topological polar surface area (TPSA) is 65.0 Å². The van der Waals surface area contributed by atoms with Gasteiger partial charge in [0.1, 0.15) is 5.75 Å². The Morgan fingerprint density at radius 1 is 1.17 bits per heavy atom. The van der Waals surface area contributed by atoms with E-state index in [1.807, 2.05) is 60.7 Å². The molecule has 3 atom stereocenters. The lowest BCUT2D eigenvalue weighted by molar-refractivity contribution is -0.244. The third kappa shape index (κ3) is 5.60. The van der Waals surface area contributed by atoms with Gasteiger partial charge in [-0.1, -0.05) is 60.2 Å². The van der Waals surface area contributed by atoms with E-state index in [1.54, 1.807) is 7.11 Å². The van der Waals surface area contributed by atoms with E-state index in [4.69, 9.17) is 30.9 Å². The Kier molecular flexibility index (Phi) is 7.69. The quantitative estimate of drug-likeness (QED) is 0.570. The molecule has 1 fully saturated rings. The fourth-order valence-electron chi connectivity index (χ4n) is 3.43. The van der Waals surface area contributed by atoms with Crippen LogP contribution in [-0.4, -0.2) is 24.8 Å². The predicted molar refractivity (Wildman–Crippen MR) is 111 cm³/mol. The number of carboxylic acid groups (broad SMARTS) is 1. The molecule has 0 spiro atoms. The number of rotatable bonds is 8. The molecule has 3 rings (SSSR count). The van der Waals surface area contributed by atoms with Crippen LogP contribution >= 0.6 is 11.6 Å². The summed E-state index contributed by atoms with van der Waals surface area (Å²) in [6, 6.07) is 15.3. The van der Waals surface area contributed by atoms with E-state index in [1.165, 1.54) is 0 Å². The Balaban J connectivity index is 1.81. The van der Waals surface area contributed by atoms with Crippen LogP contribution < -0.4 is 4.74 Å². The Hall–Kier alpha value is -2.34. The first kappa shape index (κ1) is 21.4. The van der Waals surface area contributed by atoms with Crippen LogP contribution in [0.15, 0.2) is 60.7 Å². The number of hydrogen-bond acceptors (Lipinski definition) is 4. The number of halogens is 1. The van der Waals surface area contributed by atoms with Crippen molar-refractivity contribution in [1.82, 2.24) is 0 Å². The molecule has 0 aliphatic carbocycles. The molecule has 3 unspecified atom stereocenters. The molecule has 0 saturated carbocycles. The van der Waals surface area contributed by atoms with Crippen molar-refractivity contribution in [1.29, 1.82) is 0 Å². The molecular weight excluding hydrogens is 392 g/mol. The SMILES string of the molecule is COc1ccccc1C1OC(c2ccccc2Cl)OCC1CC=CCCC(=O)O. The van der Waals surface area contributed by atoms with E-state index in [-0.39, 0.29) is 18.4 Å². The molecule has 2 aromatic rings. The summed E-state index contributed by atoms with van der Waals surface area (Å²) in [5.74, 6) is 0.0248. The highest BCUT2D eigenvalue weighted by Gasteiger charge is 2.35. The molecule has 154 valence electrons. The number of carboxylic acids is 1. The van der Waals surface area contributed by atoms with Gasteiger partial charge in [0.15, 0.2) is 6.29 Å². The summed E-state index contributed by atoms with van der Waals surface area (Å²) >= 11 is 6.35. The number of aliphatic carboxylic acids is 1. The summed E-state index contributed by atoms with van der Waals surface area (Å²) in [7, 11) is 1.64. The Morgan fingerprint density at radius 3 is 2.62 bits per heavy atom. The lowest BCUT2D eigenvalue weighted by Gasteiger charge is -2.37. The van der Waals surface area contributed by atoms with E-state index in [0.717, 1.165) is 16.9 Å².